The molecule has 0 aromatic heterocycles. The van der Waals surface area contributed by atoms with Crippen LogP contribution in [-0.2, 0) is 4.79 Å². The highest BCUT2D eigenvalue weighted by Crippen LogP contribution is 2.35. The molecule has 0 saturated carbocycles. The summed E-state index contributed by atoms with van der Waals surface area (Å²) in [7, 11) is 0. The molecule has 0 aliphatic carbocycles. The Hall–Kier alpha value is -1.53. The van der Waals surface area contributed by atoms with Gasteiger partial charge in [-0.15, -0.1) is 0 Å². The van der Waals surface area contributed by atoms with Crippen molar-refractivity contribution in [1.82, 2.24) is 0 Å². The number of ether oxygens (including phenoxy) is 1. The topological polar surface area (TPSA) is 58.6 Å². The van der Waals surface area contributed by atoms with E-state index in [0.717, 1.165) is 5.56 Å². The SMILES string of the molecule is Cc1cccc(OC(C)C(=O)Nc2cc(Br)c(O)c(Br)c2)c1. The Morgan fingerprint density at radius 3 is 2.45 bits per heavy atom. The van der Waals surface area contributed by atoms with Crippen molar-refractivity contribution in [3.63, 3.8) is 0 Å². The van der Waals surface area contributed by atoms with Crippen molar-refractivity contribution in [2.24, 2.45) is 0 Å². The highest BCUT2D eigenvalue weighted by molar-refractivity contribution is 9.11. The first-order valence-corrected chi connectivity index (χ1v) is 8.17. The number of anilines is 1. The van der Waals surface area contributed by atoms with Crippen LogP contribution < -0.4 is 10.1 Å². The molecule has 2 aromatic rings. The van der Waals surface area contributed by atoms with Gasteiger partial charge in [0.25, 0.3) is 5.91 Å². The first-order chi connectivity index (χ1) is 10.4. The average molecular weight is 429 g/mol. The minimum Gasteiger partial charge on any atom is -0.506 e. The van der Waals surface area contributed by atoms with E-state index in [4.69, 9.17) is 4.74 Å². The Morgan fingerprint density at radius 2 is 1.86 bits per heavy atom. The second kappa shape index (κ2) is 7.15. The summed E-state index contributed by atoms with van der Waals surface area (Å²) in [5.74, 6) is 0.462. The molecule has 6 heteroatoms. The molecule has 0 saturated heterocycles. The largest absolute Gasteiger partial charge is 0.506 e. The number of amides is 1. The van der Waals surface area contributed by atoms with Crippen molar-refractivity contribution in [1.29, 1.82) is 0 Å². The van der Waals surface area contributed by atoms with Crippen LogP contribution in [0.3, 0.4) is 0 Å². The van der Waals surface area contributed by atoms with E-state index in [2.05, 4.69) is 37.2 Å². The van der Waals surface area contributed by atoms with Gasteiger partial charge >= 0.3 is 0 Å². The second-order valence-electron chi connectivity index (χ2n) is 4.85. The molecule has 0 fully saturated rings. The van der Waals surface area contributed by atoms with Crippen LogP contribution >= 0.6 is 31.9 Å². The Balaban J connectivity index is 2.05. The second-order valence-corrected chi connectivity index (χ2v) is 6.56. The molecule has 2 N–H and O–H groups in total. The number of aryl methyl sites for hydroxylation is 1. The Kier molecular flexibility index (Phi) is 5.47. The quantitative estimate of drug-likeness (QED) is 0.697. The van der Waals surface area contributed by atoms with Crippen LogP contribution in [0.5, 0.6) is 11.5 Å². The van der Waals surface area contributed by atoms with E-state index in [9.17, 15) is 9.90 Å². The van der Waals surface area contributed by atoms with Crippen LogP contribution in [0, 0.1) is 6.92 Å². The maximum atomic E-state index is 12.2. The number of carbonyl (C=O) groups is 1. The van der Waals surface area contributed by atoms with Crippen LogP contribution in [0.2, 0.25) is 0 Å². The van der Waals surface area contributed by atoms with E-state index in [0.29, 0.717) is 20.4 Å². The van der Waals surface area contributed by atoms with Gasteiger partial charge in [-0.2, -0.15) is 0 Å². The molecular formula is C16H15Br2NO3. The third kappa shape index (κ3) is 4.24. The molecule has 0 bridgehead atoms. The van der Waals surface area contributed by atoms with Crippen LogP contribution in [0.1, 0.15) is 12.5 Å². The molecule has 0 radical (unpaired) electrons. The van der Waals surface area contributed by atoms with Crippen molar-refractivity contribution in [2.45, 2.75) is 20.0 Å². The summed E-state index contributed by atoms with van der Waals surface area (Å²) in [5, 5.41) is 12.4. The van der Waals surface area contributed by atoms with Crippen LogP contribution in [0.15, 0.2) is 45.3 Å². The summed E-state index contributed by atoms with van der Waals surface area (Å²) >= 11 is 6.45. The molecule has 0 aliphatic heterocycles. The van der Waals surface area contributed by atoms with E-state index in [-0.39, 0.29) is 11.7 Å². The zero-order chi connectivity index (χ0) is 16.3. The minimum atomic E-state index is -0.645. The molecule has 2 rings (SSSR count). The zero-order valence-corrected chi connectivity index (χ0v) is 15.2. The molecule has 1 amide bonds. The number of hydrogen-bond donors (Lipinski definition) is 2. The number of rotatable bonds is 4. The summed E-state index contributed by atoms with van der Waals surface area (Å²) in [5.41, 5.74) is 1.62. The molecule has 0 spiro atoms. The standard InChI is InChI=1S/C16H15Br2NO3/c1-9-4-3-5-12(6-9)22-10(2)16(21)19-11-7-13(17)15(20)14(18)8-11/h3-8,10,20H,1-2H3,(H,19,21). The van der Waals surface area contributed by atoms with Gasteiger partial charge in [0.2, 0.25) is 0 Å². The lowest BCUT2D eigenvalue weighted by Crippen LogP contribution is -2.30. The van der Waals surface area contributed by atoms with Crippen LogP contribution in [0.25, 0.3) is 0 Å². The highest BCUT2D eigenvalue weighted by atomic mass is 79.9. The molecule has 0 heterocycles. The van der Waals surface area contributed by atoms with E-state index in [1.54, 1.807) is 19.1 Å². The van der Waals surface area contributed by atoms with Crippen molar-refractivity contribution in [3.8, 4) is 11.5 Å². The fourth-order valence-corrected chi connectivity index (χ4v) is 3.01. The number of halogens is 2. The van der Waals surface area contributed by atoms with E-state index < -0.39 is 6.10 Å². The Morgan fingerprint density at radius 1 is 1.23 bits per heavy atom. The number of carbonyl (C=O) groups excluding carboxylic acids is 1. The fraction of sp³-hybridized carbons (Fsp3) is 0.188. The number of phenols is 1. The first kappa shape index (κ1) is 16.8. The summed E-state index contributed by atoms with van der Waals surface area (Å²) in [6, 6.07) is 10.8. The van der Waals surface area contributed by atoms with Gasteiger partial charge in [-0.3, -0.25) is 4.79 Å². The molecule has 1 unspecified atom stereocenters. The Bertz CT molecular complexity index is 681. The summed E-state index contributed by atoms with van der Waals surface area (Å²) < 4.78 is 6.61. The Labute approximate surface area is 145 Å². The molecule has 0 aliphatic rings. The lowest BCUT2D eigenvalue weighted by atomic mass is 10.2. The number of benzene rings is 2. The maximum absolute atomic E-state index is 12.2. The number of nitrogens with one attached hydrogen (secondary N) is 1. The zero-order valence-electron chi connectivity index (χ0n) is 12.1. The van der Waals surface area contributed by atoms with E-state index in [1.807, 2.05) is 31.2 Å². The lowest BCUT2D eigenvalue weighted by Gasteiger charge is -2.15. The van der Waals surface area contributed by atoms with Gasteiger partial charge < -0.3 is 15.2 Å². The number of phenolic OH excluding ortho intramolecular Hbond substituents is 1. The predicted octanol–water partition coefficient (Wildman–Crippen LogP) is 4.63. The lowest BCUT2D eigenvalue weighted by molar-refractivity contribution is -0.122. The molecule has 22 heavy (non-hydrogen) atoms. The van der Waals surface area contributed by atoms with Crippen molar-refractivity contribution in [2.75, 3.05) is 5.32 Å². The monoisotopic (exact) mass is 427 g/mol. The van der Waals surface area contributed by atoms with Gasteiger partial charge in [-0.25, -0.2) is 0 Å². The van der Waals surface area contributed by atoms with Gasteiger partial charge in [-0.1, -0.05) is 12.1 Å². The van der Waals surface area contributed by atoms with Crippen molar-refractivity contribution < 1.29 is 14.6 Å². The van der Waals surface area contributed by atoms with Gasteiger partial charge in [0.1, 0.15) is 11.5 Å². The third-order valence-electron chi connectivity index (χ3n) is 2.96. The van der Waals surface area contributed by atoms with E-state index >= 15 is 0 Å². The van der Waals surface area contributed by atoms with Crippen LogP contribution in [-0.4, -0.2) is 17.1 Å². The van der Waals surface area contributed by atoms with Gasteiger partial charge in [0.15, 0.2) is 6.10 Å². The maximum Gasteiger partial charge on any atom is 0.265 e. The third-order valence-corrected chi connectivity index (χ3v) is 4.17. The summed E-state index contributed by atoms with van der Waals surface area (Å²) in [4.78, 5) is 12.2. The van der Waals surface area contributed by atoms with Crippen molar-refractivity contribution in [3.05, 3.63) is 50.9 Å². The summed E-state index contributed by atoms with van der Waals surface area (Å²) in [6.45, 7) is 3.64. The minimum absolute atomic E-state index is 0.0852. The highest BCUT2D eigenvalue weighted by Gasteiger charge is 2.16. The van der Waals surface area contributed by atoms with Gasteiger partial charge in [0, 0.05) is 5.69 Å². The molecule has 116 valence electrons. The average Bonchev–Trinajstić information content (AvgIpc) is 2.44. The van der Waals surface area contributed by atoms with Gasteiger partial charge in [-0.05, 0) is 75.5 Å². The van der Waals surface area contributed by atoms with Gasteiger partial charge in [0.05, 0.1) is 8.95 Å². The normalized spacial score (nSPS) is 11.8. The first-order valence-electron chi connectivity index (χ1n) is 6.59. The molecular weight excluding hydrogens is 414 g/mol. The van der Waals surface area contributed by atoms with E-state index in [1.165, 1.54) is 0 Å². The molecule has 4 nitrogen and oxygen atoms in total. The van der Waals surface area contributed by atoms with Crippen molar-refractivity contribution >= 4 is 43.5 Å². The molecule has 2 aromatic carbocycles. The summed E-state index contributed by atoms with van der Waals surface area (Å²) in [6.07, 6.45) is -0.645. The number of hydrogen-bond acceptors (Lipinski definition) is 3. The molecule has 1 atom stereocenters. The smallest absolute Gasteiger partial charge is 0.265 e. The van der Waals surface area contributed by atoms with Crippen LogP contribution in [0.4, 0.5) is 5.69 Å². The number of aromatic hydroxyl groups is 1. The fourth-order valence-electron chi connectivity index (χ4n) is 1.83. The predicted molar refractivity (Wildman–Crippen MR) is 93.4 cm³/mol.